The Bertz CT molecular complexity index is 956. The fraction of sp³-hybridized carbons (Fsp3) is 0.333. The highest BCUT2D eigenvalue weighted by molar-refractivity contribution is 6.11. The SMILES string of the molecule is Cc1ccc2[nH]nc(C(=O)Nc3cccc(CN4CCN(C)CC4)c3)c2c1. The normalized spacial score (nSPS) is 15.9. The summed E-state index contributed by atoms with van der Waals surface area (Å²) in [5.41, 5.74) is 4.41. The van der Waals surface area contributed by atoms with Gasteiger partial charge in [-0.05, 0) is 43.8 Å². The average molecular weight is 363 g/mol. The Hall–Kier alpha value is -2.70. The number of fused-ring (bicyclic) bond motifs is 1. The van der Waals surface area contributed by atoms with Crippen molar-refractivity contribution >= 4 is 22.5 Å². The predicted molar refractivity (Wildman–Crippen MR) is 108 cm³/mol. The summed E-state index contributed by atoms with van der Waals surface area (Å²) in [4.78, 5) is 17.5. The number of benzene rings is 2. The number of hydrogen-bond acceptors (Lipinski definition) is 4. The number of aromatic amines is 1. The molecule has 1 amide bonds. The largest absolute Gasteiger partial charge is 0.321 e. The summed E-state index contributed by atoms with van der Waals surface area (Å²) in [6.07, 6.45) is 0. The number of carbonyl (C=O) groups excluding carboxylic acids is 1. The molecular formula is C21H25N5O. The number of nitrogens with zero attached hydrogens (tertiary/aromatic N) is 3. The second kappa shape index (κ2) is 7.50. The maximum Gasteiger partial charge on any atom is 0.276 e. The number of aromatic nitrogens is 2. The van der Waals surface area contributed by atoms with Gasteiger partial charge in [0.1, 0.15) is 0 Å². The third-order valence-electron chi connectivity index (χ3n) is 5.12. The monoisotopic (exact) mass is 363 g/mol. The maximum atomic E-state index is 12.7. The van der Waals surface area contributed by atoms with E-state index in [1.807, 2.05) is 37.3 Å². The van der Waals surface area contributed by atoms with Crippen molar-refractivity contribution in [1.29, 1.82) is 0 Å². The Labute approximate surface area is 159 Å². The van der Waals surface area contributed by atoms with Crippen molar-refractivity contribution in [3.63, 3.8) is 0 Å². The third-order valence-corrected chi connectivity index (χ3v) is 5.12. The van der Waals surface area contributed by atoms with Crippen molar-refractivity contribution in [3.8, 4) is 0 Å². The van der Waals surface area contributed by atoms with Gasteiger partial charge in [-0.1, -0.05) is 23.8 Å². The van der Waals surface area contributed by atoms with Gasteiger partial charge in [0, 0.05) is 43.8 Å². The summed E-state index contributed by atoms with van der Waals surface area (Å²) in [6.45, 7) is 7.26. The van der Waals surface area contributed by atoms with Gasteiger partial charge in [0.25, 0.3) is 5.91 Å². The number of likely N-dealkylation sites (N-methyl/N-ethyl adjacent to an activating group) is 1. The van der Waals surface area contributed by atoms with Gasteiger partial charge in [0.05, 0.1) is 5.52 Å². The molecule has 1 aromatic heterocycles. The number of H-pyrrole nitrogens is 1. The molecule has 2 aromatic carbocycles. The molecule has 27 heavy (non-hydrogen) atoms. The zero-order valence-corrected chi connectivity index (χ0v) is 15.8. The molecule has 6 heteroatoms. The summed E-state index contributed by atoms with van der Waals surface area (Å²) in [7, 11) is 2.16. The van der Waals surface area contributed by atoms with E-state index in [0.29, 0.717) is 5.69 Å². The number of hydrogen-bond donors (Lipinski definition) is 2. The van der Waals surface area contributed by atoms with Crippen LogP contribution in [0.4, 0.5) is 5.69 Å². The van der Waals surface area contributed by atoms with Gasteiger partial charge in [-0.2, -0.15) is 5.10 Å². The number of anilines is 1. The topological polar surface area (TPSA) is 64.3 Å². The van der Waals surface area contributed by atoms with Gasteiger partial charge >= 0.3 is 0 Å². The molecule has 2 N–H and O–H groups in total. The Morgan fingerprint density at radius 3 is 2.78 bits per heavy atom. The van der Waals surface area contributed by atoms with E-state index < -0.39 is 0 Å². The standard InChI is InChI=1S/C21H25N5O/c1-15-6-7-19-18(12-15)20(24-23-19)21(27)22-17-5-3-4-16(13-17)14-26-10-8-25(2)9-11-26/h3-7,12-13H,8-11,14H2,1-2H3,(H,22,27)(H,23,24). The Balaban J connectivity index is 1.47. The number of nitrogens with one attached hydrogen (secondary N) is 2. The van der Waals surface area contributed by atoms with Crippen LogP contribution in [0.15, 0.2) is 42.5 Å². The van der Waals surface area contributed by atoms with Crippen LogP contribution in [0.3, 0.4) is 0 Å². The van der Waals surface area contributed by atoms with E-state index in [-0.39, 0.29) is 5.91 Å². The molecule has 6 nitrogen and oxygen atoms in total. The smallest absolute Gasteiger partial charge is 0.276 e. The van der Waals surface area contributed by atoms with Crippen LogP contribution in [0.2, 0.25) is 0 Å². The molecule has 4 rings (SSSR count). The average Bonchev–Trinajstić information content (AvgIpc) is 3.07. The quantitative estimate of drug-likeness (QED) is 0.748. The van der Waals surface area contributed by atoms with Crippen LogP contribution < -0.4 is 5.32 Å². The molecular weight excluding hydrogens is 338 g/mol. The van der Waals surface area contributed by atoms with E-state index >= 15 is 0 Å². The molecule has 0 spiro atoms. The molecule has 0 aliphatic carbocycles. The van der Waals surface area contributed by atoms with Crippen LogP contribution in [0.25, 0.3) is 10.9 Å². The van der Waals surface area contributed by atoms with E-state index in [0.717, 1.165) is 54.9 Å². The first-order valence-corrected chi connectivity index (χ1v) is 9.34. The molecule has 2 heterocycles. The summed E-state index contributed by atoms with van der Waals surface area (Å²) in [5.74, 6) is -0.191. The van der Waals surface area contributed by atoms with Crippen LogP contribution in [0.5, 0.6) is 0 Å². The van der Waals surface area contributed by atoms with Gasteiger partial charge in [0.15, 0.2) is 5.69 Å². The zero-order chi connectivity index (χ0) is 18.8. The van der Waals surface area contributed by atoms with Crippen molar-refractivity contribution < 1.29 is 4.79 Å². The van der Waals surface area contributed by atoms with Gasteiger partial charge in [0.2, 0.25) is 0 Å². The number of rotatable bonds is 4. The molecule has 0 bridgehead atoms. The van der Waals surface area contributed by atoms with Crippen molar-refractivity contribution in [2.75, 3.05) is 38.5 Å². The van der Waals surface area contributed by atoms with Crippen molar-refractivity contribution in [1.82, 2.24) is 20.0 Å². The lowest BCUT2D eigenvalue weighted by atomic mass is 10.1. The molecule has 1 fully saturated rings. The van der Waals surface area contributed by atoms with Gasteiger partial charge in [-0.15, -0.1) is 0 Å². The van der Waals surface area contributed by atoms with Crippen LogP contribution in [0.1, 0.15) is 21.6 Å². The van der Waals surface area contributed by atoms with Crippen LogP contribution in [0, 0.1) is 6.92 Å². The molecule has 1 aliphatic heterocycles. The molecule has 140 valence electrons. The third kappa shape index (κ3) is 4.02. The summed E-state index contributed by atoms with van der Waals surface area (Å²) in [5, 5.41) is 11.0. The minimum Gasteiger partial charge on any atom is -0.321 e. The van der Waals surface area contributed by atoms with Gasteiger partial charge < -0.3 is 10.2 Å². The molecule has 0 atom stereocenters. The zero-order valence-electron chi connectivity index (χ0n) is 15.8. The van der Waals surface area contributed by atoms with E-state index in [2.05, 4.69) is 44.5 Å². The molecule has 0 radical (unpaired) electrons. The first-order chi connectivity index (χ1) is 13.1. The molecule has 1 aliphatic rings. The van der Waals surface area contributed by atoms with Crippen LogP contribution >= 0.6 is 0 Å². The summed E-state index contributed by atoms with van der Waals surface area (Å²) < 4.78 is 0. The minimum atomic E-state index is -0.191. The lowest BCUT2D eigenvalue weighted by molar-refractivity contribution is 0.102. The molecule has 0 unspecified atom stereocenters. The number of aryl methyl sites for hydroxylation is 1. The second-order valence-corrected chi connectivity index (χ2v) is 7.36. The fourth-order valence-corrected chi connectivity index (χ4v) is 3.50. The van der Waals surface area contributed by atoms with E-state index in [9.17, 15) is 4.79 Å². The molecule has 3 aromatic rings. The van der Waals surface area contributed by atoms with E-state index in [1.54, 1.807) is 0 Å². The minimum absolute atomic E-state index is 0.191. The number of carbonyl (C=O) groups is 1. The van der Waals surface area contributed by atoms with Crippen LogP contribution in [-0.4, -0.2) is 59.1 Å². The Morgan fingerprint density at radius 1 is 1.15 bits per heavy atom. The first-order valence-electron chi connectivity index (χ1n) is 9.34. The van der Waals surface area contributed by atoms with E-state index in [4.69, 9.17) is 0 Å². The van der Waals surface area contributed by atoms with Crippen molar-refractivity contribution in [2.45, 2.75) is 13.5 Å². The second-order valence-electron chi connectivity index (χ2n) is 7.36. The number of amides is 1. The highest BCUT2D eigenvalue weighted by Crippen LogP contribution is 2.20. The molecule has 0 saturated carbocycles. The lowest BCUT2D eigenvalue weighted by Crippen LogP contribution is -2.43. The molecule has 1 saturated heterocycles. The first kappa shape index (κ1) is 17.7. The highest BCUT2D eigenvalue weighted by atomic mass is 16.1. The lowest BCUT2D eigenvalue weighted by Gasteiger charge is -2.32. The summed E-state index contributed by atoms with van der Waals surface area (Å²) >= 11 is 0. The predicted octanol–water partition coefficient (Wildman–Crippen LogP) is 2.87. The van der Waals surface area contributed by atoms with Gasteiger partial charge in [-0.25, -0.2) is 0 Å². The Morgan fingerprint density at radius 2 is 1.96 bits per heavy atom. The highest BCUT2D eigenvalue weighted by Gasteiger charge is 2.16. The fourth-order valence-electron chi connectivity index (χ4n) is 3.50. The number of piperazine rings is 1. The summed E-state index contributed by atoms with van der Waals surface area (Å²) in [6, 6.07) is 14.0. The van der Waals surface area contributed by atoms with E-state index in [1.165, 1.54) is 5.56 Å². The maximum absolute atomic E-state index is 12.7. The van der Waals surface area contributed by atoms with Gasteiger partial charge in [-0.3, -0.25) is 14.8 Å². The Kier molecular flexibility index (Phi) is 4.92. The van der Waals surface area contributed by atoms with Crippen molar-refractivity contribution in [2.24, 2.45) is 0 Å². The van der Waals surface area contributed by atoms with Crippen molar-refractivity contribution in [3.05, 3.63) is 59.3 Å². The van der Waals surface area contributed by atoms with Crippen LogP contribution in [-0.2, 0) is 6.54 Å².